The Bertz CT molecular complexity index is 1160. The van der Waals surface area contributed by atoms with Crippen LogP contribution in [0.1, 0.15) is 40.0 Å². The predicted molar refractivity (Wildman–Crippen MR) is 125 cm³/mol. The average molecular weight is 431 g/mol. The van der Waals surface area contributed by atoms with Crippen molar-refractivity contribution in [2.45, 2.75) is 25.7 Å². The number of anilines is 1. The lowest BCUT2D eigenvalue weighted by atomic mass is 9.92. The van der Waals surface area contributed by atoms with Gasteiger partial charge in [0.1, 0.15) is 0 Å². The van der Waals surface area contributed by atoms with Crippen LogP contribution < -0.4 is 16.1 Å². The first-order valence-electron chi connectivity index (χ1n) is 10.8. The van der Waals surface area contributed by atoms with Gasteiger partial charge in [-0.15, -0.1) is 0 Å². The number of hydroxylamine groups is 1. The van der Waals surface area contributed by atoms with Crippen molar-refractivity contribution in [3.63, 3.8) is 0 Å². The second kappa shape index (κ2) is 10.1. The van der Waals surface area contributed by atoms with Crippen molar-refractivity contribution in [1.82, 2.24) is 15.8 Å². The fourth-order valence-corrected chi connectivity index (χ4v) is 3.99. The first-order valence-corrected chi connectivity index (χ1v) is 10.8. The fourth-order valence-electron chi connectivity index (χ4n) is 3.99. The maximum Gasteiger partial charge on any atom is 0.267 e. The molecule has 0 bridgehead atoms. The van der Waals surface area contributed by atoms with Crippen molar-refractivity contribution in [1.29, 1.82) is 0 Å². The van der Waals surface area contributed by atoms with Gasteiger partial charge in [-0.2, -0.15) is 0 Å². The highest BCUT2D eigenvalue weighted by Crippen LogP contribution is 2.33. The summed E-state index contributed by atoms with van der Waals surface area (Å²) in [5.41, 5.74) is 7.46. The molecule has 0 spiro atoms. The van der Waals surface area contributed by atoms with Gasteiger partial charge >= 0.3 is 0 Å². The Morgan fingerprint density at radius 2 is 1.78 bits per heavy atom. The Balaban J connectivity index is 1.36. The molecule has 0 unspecified atom stereocenters. The summed E-state index contributed by atoms with van der Waals surface area (Å²) in [5.74, 6) is -0.764. The Morgan fingerprint density at radius 3 is 2.59 bits per heavy atom. The molecule has 0 aliphatic heterocycles. The molecule has 4 rings (SSSR count). The molecule has 32 heavy (non-hydrogen) atoms. The Hall–Kier alpha value is -3.71. The fraction of sp³-hybridized carbons (Fsp3) is 0.240. The van der Waals surface area contributed by atoms with E-state index in [9.17, 15) is 9.59 Å². The molecule has 0 saturated carbocycles. The second-order valence-electron chi connectivity index (χ2n) is 7.75. The molecule has 3 aromatic rings. The van der Waals surface area contributed by atoms with E-state index in [2.05, 4.69) is 16.7 Å². The van der Waals surface area contributed by atoms with Crippen molar-refractivity contribution in [2.75, 3.05) is 18.4 Å². The van der Waals surface area contributed by atoms with Crippen LogP contribution in [0.15, 0.2) is 54.6 Å². The van der Waals surface area contributed by atoms with E-state index in [1.807, 2.05) is 18.2 Å². The van der Waals surface area contributed by atoms with Crippen LogP contribution in [0.25, 0.3) is 17.0 Å². The van der Waals surface area contributed by atoms with Gasteiger partial charge in [0.2, 0.25) is 0 Å². The highest BCUT2D eigenvalue weighted by Gasteiger charge is 2.17. The lowest BCUT2D eigenvalue weighted by molar-refractivity contribution is -0.124. The summed E-state index contributed by atoms with van der Waals surface area (Å²) in [4.78, 5) is 28.4. The number of nitrogens with one attached hydrogen (secondary N) is 3. The third-order valence-corrected chi connectivity index (χ3v) is 5.59. The third kappa shape index (κ3) is 4.95. The standard InChI is InChI=1S/C25H26N4O3/c30-23(29-32)14-11-17-9-12-18(13-10-17)25(31)27-16-15-26-24-19-5-1-3-7-21(19)28-22-8-4-2-6-20(22)24/h1,3,5,7,9-14,32H,2,4,6,8,15-16H2,(H,26,28)(H,27,31)(H,29,30). The smallest absolute Gasteiger partial charge is 0.267 e. The van der Waals surface area contributed by atoms with E-state index in [4.69, 9.17) is 10.2 Å². The zero-order valence-corrected chi connectivity index (χ0v) is 17.7. The van der Waals surface area contributed by atoms with Gasteiger partial charge in [-0.3, -0.25) is 19.8 Å². The maximum atomic E-state index is 12.5. The number of aryl methyl sites for hydroxylation is 1. The van der Waals surface area contributed by atoms with Crippen molar-refractivity contribution < 1.29 is 14.8 Å². The van der Waals surface area contributed by atoms with Crippen LogP contribution in [0.5, 0.6) is 0 Å². The van der Waals surface area contributed by atoms with Crippen molar-refractivity contribution in [3.8, 4) is 0 Å². The molecular weight excluding hydrogens is 404 g/mol. The lowest BCUT2D eigenvalue weighted by Gasteiger charge is -2.21. The topological polar surface area (TPSA) is 103 Å². The van der Waals surface area contributed by atoms with E-state index in [0.29, 0.717) is 18.7 Å². The Morgan fingerprint density at radius 1 is 1.00 bits per heavy atom. The van der Waals surface area contributed by atoms with Gasteiger partial charge in [-0.1, -0.05) is 30.3 Å². The molecule has 4 N–H and O–H groups in total. The van der Waals surface area contributed by atoms with Gasteiger partial charge in [0.15, 0.2) is 0 Å². The Labute approximate surface area is 186 Å². The summed E-state index contributed by atoms with van der Waals surface area (Å²) >= 11 is 0. The first-order chi connectivity index (χ1) is 15.7. The summed E-state index contributed by atoms with van der Waals surface area (Å²) in [5, 5.41) is 16.1. The number of rotatable bonds is 7. The van der Waals surface area contributed by atoms with E-state index < -0.39 is 5.91 Å². The molecule has 7 heteroatoms. The van der Waals surface area contributed by atoms with E-state index >= 15 is 0 Å². The molecule has 0 saturated heterocycles. The molecule has 0 fully saturated rings. The number of nitrogens with zero attached hydrogens (tertiary/aromatic N) is 1. The number of amides is 2. The number of para-hydroxylation sites is 1. The van der Waals surface area contributed by atoms with Gasteiger partial charge in [0.05, 0.1) is 5.52 Å². The van der Waals surface area contributed by atoms with E-state index in [1.54, 1.807) is 30.3 Å². The van der Waals surface area contributed by atoms with E-state index in [-0.39, 0.29) is 5.91 Å². The summed E-state index contributed by atoms with van der Waals surface area (Å²) in [7, 11) is 0. The molecule has 164 valence electrons. The molecule has 0 atom stereocenters. The number of aromatic nitrogens is 1. The summed E-state index contributed by atoms with van der Waals surface area (Å²) in [6.45, 7) is 1.10. The van der Waals surface area contributed by atoms with E-state index in [1.165, 1.54) is 35.7 Å². The monoisotopic (exact) mass is 430 g/mol. The van der Waals surface area contributed by atoms with Gasteiger partial charge in [-0.05, 0) is 61.1 Å². The minimum Gasteiger partial charge on any atom is -0.382 e. The molecule has 0 radical (unpaired) electrons. The molecule has 2 aromatic carbocycles. The summed E-state index contributed by atoms with van der Waals surface area (Å²) < 4.78 is 0. The Kier molecular flexibility index (Phi) is 6.77. The molecule has 1 aliphatic carbocycles. The first kappa shape index (κ1) is 21.5. The van der Waals surface area contributed by atoms with Crippen molar-refractivity contribution in [2.24, 2.45) is 0 Å². The van der Waals surface area contributed by atoms with Crippen LogP contribution in [0, 0.1) is 0 Å². The zero-order chi connectivity index (χ0) is 22.3. The molecule has 1 heterocycles. The average Bonchev–Trinajstić information content (AvgIpc) is 2.84. The number of fused-ring (bicyclic) bond motifs is 2. The third-order valence-electron chi connectivity index (χ3n) is 5.59. The number of hydrogen-bond donors (Lipinski definition) is 4. The molecule has 7 nitrogen and oxygen atoms in total. The second-order valence-corrected chi connectivity index (χ2v) is 7.75. The minimum absolute atomic E-state index is 0.156. The number of hydrogen-bond acceptors (Lipinski definition) is 5. The summed E-state index contributed by atoms with van der Waals surface area (Å²) in [6, 6.07) is 15.1. The number of benzene rings is 2. The van der Waals surface area contributed by atoms with Crippen LogP contribution in [-0.4, -0.2) is 35.1 Å². The van der Waals surface area contributed by atoms with Crippen molar-refractivity contribution in [3.05, 3.63) is 77.0 Å². The highest BCUT2D eigenvalue weighted by molar-refractivity contribution is 5.95. The maximum absolute atomic E-state index is 12.5. The normalized spacial score (nSPS) is 13.0. The molecule has 1 aliphatic rings. The van der Waals surface area contributed by atoms with Gasteiger partial charge in [0.25, 0.3) is 11.8 Å². The number of pyridine rings is 1. The lowest BCUT2D eigenvalue weighted by Crippen LogP contribution is -2.29. The molecular formula is C25H26N4O3. The molecule has 1 aromatic heterocycles. The minimum atomic E-state index is -0.609. The quantitative estimate of drug-likeness (QED) is 0.199. The zero-order valence-electron chi connectivity index (χ0n) is 17.7. The van der Waals surface area contributed by atoms with E-state index in [0.717, 1.165) is 35.0 Å². The molecule has 2 amide bonds. The van der Waals surface area contributed by atoms with Crippen LogP contribution in [0.2, 0.25) is 0 Å². The SMILES string of the molecule is O=C(C=Cc1ccc(C(=O)NCCNc2c3c(nc4ccccc24)CCCC3)cc1)NO. The van der Waals surface area contributed by atoms with Gasteiger partial charge < -0.3 is 10.6 Å². The van der Waals surface area contributed by atoms with Gasteiger partial charge in [-0.25, -0.2) is 5.48 Å². The van der Waals surface area contributed by atoms with Crippen LogP contribution in [-0.2, 0) is 17.6 Å². The van der Waals surface area contributed by atoms with Crippen molar-refractivity contribution >= 4 is 34.5 Å². The summed E-state index contributed by atoms with van der Waals surface area (Å²) in [6.07, 6.45) is 7.16. The largest absolute Gasteiger partial charge is 0.382 e. The number of carbonyl (C=O) groups excluding carboxylic acids is 2. The van der Waals surface area contributed by atoms with Crippen LogP contribution >= 0.6 is 0 Å². The highest BCUT2D eigenvalue weighted by atomic mass is 16.5. The van der Waals surface area contributed by atoms with Crippen LogP contribution in [0.4, 0.5) is 5.69 Å². The van der Waals surface area contributed by atoms with Crippen LogP contribution in [0.3, 0.4) is 0 Å². The number of carbonyl (C=O) groups is 2. The predicted octanol–water partition coefficient (Wildman–Crippen LogP) is 3.47. The van der Waals surface area contributed by atoms with Gasteiger partial charge in [0, 0.05) is 41.5 Å².